The van der Waals surface area contributed by atoms with E-state index in [0.717, 1.165) is 5.56 Å². The third-order valence-electron chi connectivity index (χ3n) is 2.50. The van der Waals surface area contributed by atoms with Crippen LogP contribution in [0, 0.1) is 11.7 Å². The van der Waals surface area contributed by atoms with E-state index in [2.05, 4.69) is 24.1 Å². The Labute approximate surface area is 96.0 Å². The monoisotopic (exact) mass is 226 g/mol. The van der Waals surface area contributed by atoms with Crippen molar-refractivity contribution in [3.8, 4) is 5.88 Å². The summed E-state index contributed by atoms with van der Waals surface area (Å²) in [6, 6.07) is 1.45. The fourth-order valence-electron chi connectivity index (χ4n) is 1.20. The molecule has 1 atom stereocenters. The summed E-state index contributed by atoms with van der Waals surface area (Å²) in [5.41, 5.74) is 0.745. The van der Waals surface area contributed by atoms with Crippen LogP contribution in [0.5, 0.6) is 5.88 Å². The number of rotatable bonds is 5. The van der Waals surface area contributed by atoms with Crippen LogP contribution in [0.1, 0.15) is 26.3 Å². The number of pyridine rings is 1. The summed E-state index contributed by atoms with van der Waals surface area (Å²) in [4.78, 5) is 3.98. The Bertz CT molecular complexity index is 342. The van der Waals surface area contributed by atoms with Gasteiger partial charge in [0.2, 0.25) is 5.88 Å². The van der Waals surface area contributed by atoms with E-state index in [1.54, 1.807) is 7.05 Å². The summed E-state index contributed by atoms with van der Waals surface area (Å²) in [5, 5.41) is 2.97. The van der Waals surface area contributed by atoms with Gasteiger partial charge in [0, 0.05) is 12.1 Å². The van der Waals surface area contributed by atoms with Crippen molar-refractivity contribution in [2.45, 2.75) is 33.4 Å². The molecule has 1 aromatic rings. The number of ether oxygens (including phenoxy) is 1. The van der Waals surface area contributed by atoms with Crippen LogP contribution in [0.15, 0.2) is 12.3 Å². The van der Waals surface area contributed by atoms with Crippen molar-refractivity contribution in [3.05, 3.63) is 23.6 Å². The van der Waals surface area contributed by atoms with Crippen molar-refractivity contribution in [1.82, 2.24) is 10.3 Å². The van der Waals surface area contributed by atoms with Crippen LogP contribution in [0.2, 0.25) is 0 Å². The maximum Gasteiger partial charge on any atom is 0.218 e. The predicted molar refractivity (Wildman–Crippen MR) is 61.9 cm³/mol. The zero-order chi connectivity index (χ0) is 12.1. The van der Waals surface area contributed by atoms with Crippen molar-refractivity contribution in [2.75, 3.05) is 7.05 Å². The summed E-state index contributed by atoms with van der Waals surface area (Å²) in [5.74, 6) is 0.570. The average Bonchev–Trinajstić information content (AvgIpc) is 2.22. The van der Waals surface area contributed by atoms with Gasteiger partial charge in [-0.2, -0.15) is 0 Å². The quantitative estimate of drug-likeness (QED) is 0.837. The Morgan fingerprint density at radius 1 is 1.44 bits per heavy atom. The first-order valence-corrected chi connectivity index (χ1v) is 5.50. The first kappa shape index (κ1) is 12.9. The van der Waals surface area contributed by atoms with Crippen molar-refractivity contribution in [3.63, 3.8) is 0 Å². The van der Waals surface area contributed by atoms with Gasteiger partial charge in [-0.1, -0.05) is 13.8 Å². The molecule has 0 fully saturated rings. The van der Waals surface area contributed by atoms with Crippen molar-refractivity contribution >= 4 is 0 Å². The minimum Gasteiger partial charge on any atom is -0.474 e. The lowest BCUT2D eigenvalue weighted by Crippen LogP contribution is -2.21. The minimum absolute atomic E-state index is 0.0635. The van der Waals surface area contributed by atoms with E-state index in [0.29, 0.717) is 18.3 Å². The molecule has 16 heavy (non-hydrogen) atoms. The molecule has 1 N–H and O–H groups in total. The minimum atomic E-state index is -0.338. The van der Waals surface area contributed by atoms with E-state index in [1.807, 2.05) is 6.92 Å². The molecular formula is C12H19FN2O. The highest BCUT2D eigenvalue weighted by atomic mass is 19.1. The summed E-state index contributed by atoms with van der Waals surface area (Å²) in [6.45, 7) is 6.68. The van der Waals surface area contributed by atoms with E-state index in [4.69, 9.17) is 4.74 Å². The SMILES string of the molecule is CNCc1cc(F)cnc1OC(C)C(C)C. The van der Waals surface area contributed by atoms with E-state index in [9.17, 15) is 4.39 Å². The number of nitrogens with one attached hydrogen (secondary N) is 1. The van der Waals surface area contributed by atoms with Gasteiger partial charge in [0.05, 0.1) is 12.3 Å². The lowest BCUT2D eigenvalue weighted by Gasteiger charge is -2.19. The molecular weight excluding hydrogens is 207 g/mol. The van der Waals surface area contributed by atoms with Crippen LogP contribution in [-0.4, -0.2) is 18.1 Å². The van der Waals surface area contributed by atoms with Gasteiger partial charge in [-0.05, 0) is 26.0 Å². The van der Waals surface area contributed by atoms with E-state index >= 15 is 0 Å². The molecule has 0 spiro atoms. The number of nitrogens with zero attached hydrogens (tertiary/aromatic N) is 1. The largest absolute Gasteiger partial charge is 0.474 e. The van der Waals surface area contributed by atoms with Crippen molar-refractivity contribution in [1.29, 1.82) is 0 Å². The molecule has 0 amide bonds. The van der Waals surface area contributed by atoms with Crippen LogP contribution in [0.3, 0.4) is 0 Å². The summed E-state index contributed by atoms with van der Waals surface area (Å²) in [6.07, 6.45) is 1.25. The molecule has 90 valence electrons. The number of hydrogen-bond acceptors (Lipinski definition) is 3. The Morgan fingerprint density at radius 2 is 2.12 bits per heavy atom. The normalized spacial score (nSPS) is 12.9. The molecule has 3 nitrogen and oxygen atoms in total. The van der Waals surface area contributed by atoms with E-state index < -0.39 is 0 Å². The molecule has 0 aromatic carbocycles. The lowest BCUT2D eigenvalue weighted by molar-refractivity contribution is 0.161. The van der Waals surface area contributed by atoms with Gasteiger partial charge in [-0.15, -0.1) is 0 Å². The fourth-order valence-corrected chi connectivity index (χ4v) is 1.20. The maximum atomic E-state index is 13.0. The Hall–Kier alpha value is -1.16. The molecule has 0 aliphatic heterocycles. The van der Waals surface area contributed by atoms with Crippen LogP contribution in [0.4, 0.5) is 4.39 Å². The first-order chi connectivity index (χ1) is 7.54. The van der Waals surface area contributed by atoms with Gasteiger partial charge in [-0.3, -0.25) is 0 Å². The zero-order valence-electron chi connectivity index (χ0n) is 10.2. The van der Waals surface area contributed by atoms with Crippen LogP contribution in [0.25, 0.3) is 0 Å². The number of hydrogen-bond donors (Lipinski definition) is 1. The summed E-state index contributed by atoms with van der Waals surface area (Å²) < 4.78 is 18.7. The van der Waals surface area contributed by atoms with Gasteiger partial charge in [0.15, 0.2) is 0 Å². The second-order valence-electron chi connectivity index (χ2n) is 4.22. The molecule has 4 heteroatoms. The highest BCUT2D eigenvalue weighted by Crippen LogP contribution is 2.19. The summed E-state index contributed by atoms with van der Waals surface area (Å²) in [7, 11) is 1.81. The smallest absolute Gasteiger partial charge is 0.218 e. The zero-order valence-corrected chi connectivity index (χ0v) is 10.2. The molecule has 0 bridgehead atoms. The van der Waals surface area contributed by atoms with Crippen LogP contribution in [-0.2, 0) is 6.54 Å². The topological polar surface area (TPSA) is 34.2 Å². The highest BCUT2D eigenvalue weighted by Gasteiger charge is 2.13. The van der Waals surface area contributed by atoms with Crippen LogP contribution < -0.4 is 10.1 Å². The van der Waals surface area contributed by atoms with Gasteiger partial charge >= 0.3 is 0 Å². The van der Waals surface area contributed by atoms with E-state index in [-0.39, 0.29) is 11.9 Å². The maximum absolute atomic E-state index is 13.0. The molecule has 0 saturated carbocycles. The third kappa shape index (κ3) is 3.45. The van der Waals surface area contributed by atoms with Crippen molar-refractivity contribution in [2.24, 2.45) is 5.92 Å². The number of halogens is 1. The van der Waals surface area contributed by atoms with Gasteiger partial charge in [0.1, 0.15) is 5.82 Å². The predicted octanol–water partition coefficient (Wildman–Crippen LogP) is 2.36. The molecule has 0 aliphatic carbocycles. The molecule has 0 aliphatic rings. The van der Waals surface area contributed by atoms with Gasteiger partial charge < -0.3 is 10.1 Å². The van der Waals surface area contributed by atoms with Crippen molar-refractivity contribution < 1.29 is 9.13 Å². The van der Waals surface area contributed by atoms with Gasteiger partial charge in [-0.25, -0.2) is 9.37 Å². The Balaban J connectivity index is 2.85. The molecule has 1 aromatic heterocycles. The molecule has 1 heterocycles. The molecule has 0 saturated heterocycles. The number of aromatic nitrogens is 1. The molecule has 0 radical (unpaired) electrons. The first-order valence-electron chi connectivity index (χ1n) is 5.50. The average molecular weight is 226 g/mol. The molecule has 1 unspecified atom stereocenters. The second kappa shape index (κ2) is 5.80. The molecule has 1 rings (SSSR count). The van der Waals surface area contributed by atoms with Gasteiger partial charge in [0.25, 0.3) is 0 Å². The second-order valence-corrected chi connectivity index (χ2v) is 4.22. The fraction of sp³-hybridized carbons (Fsp3) is 0.583. The highest BCUT2D eigenvalue weighted by molar-refractivity contribution is 5.26. The Kier molecular flexibility index (Phi) is 4.68. The Morgan fingerprint density at radius 3 is 2.69 bits per heavy atom. The van der Waals surface area contributed by atoms with E-state index in [1.165, 1.54) is 12.3 Å². The summed E-state index contributed by atoms with van der Waals surface area (Å²) >= 11 is 0. The standard InChI is InChI=1S/C12H19FN2O/c1-8(2)9(3)16-12-10(6-14-4)5-11(13)7-15-12/h5,7-9,14H,6H2,1-4H3. The third-order valence-corrected chi connectivity index (χ3v) is 2.50. The lowest BCUT2D eigenvalue weighted by atomic mass is 10.1. The van der Waals surface area contributed by atoms with Crippen LogP contribution >= 0.6 is 0 Å².